The molecule has 0 aromatic heterocycles. The summed E-state index contributed by atoms with van der Waals surface area (Å²) in [5.41, 5.74) is 0.344. The van der Waals surface area contributed by atoms with Crippen LogP contribution in [0.3, 0.4) is 0 Å². The quantitative estimate of drug-likeness (QED) is 0.911. The maximum absolute atomic E-state index is 13.4. The summed E-state index contributed by atoms with van der Waals surface area (Å²) in [7, 11) is -2.94. The molecule has 3 nitrogen and oxygen atoms in total. The molecule has 1 unspecified atom stereocenters. The first kappa shape index (κ1) is 11.9. The molecule has 0 spiro atoms. The van der Waals surface area contributed by atoms with Gasteiger partial charge in [-0.1, -0.05) is 15.9 Å². The third-order valence-electron chi connectivity index (χ3n) is 2.52. The zero-order chi connectivity index (χ0) is 11.8. The van der Waals surface area contributed by atoms with E-state index in [0.29, 0.717) is 12.1 Å². The van der Waals surface area contributed by atoms with E-state index in [-0.39, 0.29) is 23.4 Å². The topological polar surface area (TPSA) is 46.2 Å². The second-order valence-corrected chi connectivity index (χ2v) is 7.01. The van der Waals surface area contributed by atoms with E-state index in [1.54, 1.807) is 12.1 Å². The molecule has 1 saturated heterocycles. The van der Waals surface area contributed by atoms with Gasteiger partial charge in [0.15, 0.2) is 9.84 Å². The van der Waals surface area contributed by atoms with Crippen molar-refractivity contribution in [2.45, 2.75) is 12.5 Å². The van der Waals surface area contributed by atoms with E-state index in [1.165, 1.54) is 6.07 Å². The lowest BCUT2D eigenvalue weighted by molar-refractivity contribution is 0.601. The van der Waals surface area contributed by atoms with E-state index in [2.05, 4.69) is 21.2 Å². The molecule has 0 bridgehead atoms. The van der Waals surface area contributed by atoms with Gasteiger partial charge in [-0.05, 0) is 24.6 Å². The third-order valence-corrected chi connectivity index (χ3v) is 4.78. The van der Waals surface area contributed by atoms with Crippen LogP contribution < -0.4 is 5.32 Å². The Balaban J connectivity index is 2.13. The van der Waals surface area contributed by atoms with Crippen LogP contribution in [-0.2, 0) is 9.84 Å². The van der Waals surface area contributed by atoms with Crippen molar-refractivity contribution < 1.29 is 12.8 Å². The Morgan fingerprint density at radius 1 is 1.44 bits per heavy atom. The molecule has 0 saturated carbocycles. The summed E-state index contributed by atoms with van der Waals surface area (Å²) in [6, 6.07) is 4.37. The van der Waals surface area contributed by atoms with Crippen LogP contribution >= 0.6 is 15.9 Å². The second-order valence-electron chi connectivity index (χ2n) is 3.87. The molecular weight excluding hydrogens is 297 g/mol. The Labute approximate surface area is 102 Å². The van der Waals surface area contributed by atoms with Gasteiger partial charge < -0.3 is 5.32 Å². The first-order chi connectivity index (χ1) is 7.46. The lowest BCUT2D eigenvalue weighted by Gasteiger charge is -2.13. The number of benzene rings is 1. The van der Waals surface area contributed by atoms with Crippen LogP contribution in [0.15, 0.2) is 22.7 Å². The average molecular weight is 308 g/mol. The van der Waals surface area contributed by atoms with Gasteiger partial charge in [0.2, 0.25) is 0 Å². The molecule has 0 aliphatic carbocycles. The molecule has 1 fully saturated rings. The van der Waals surface area contributed by atoms with Gasteiger partial charge in [0.1, 0.15) is 5.82 Å². The minimum atomic E-state index is -2.94. The van der Waals surface area contributed by atoms with Gasteiger partial charge in [0.05, 0.1) is 17.2 Å². The molecule has 1 aromatic rings. The lowest BCUT2D eigenvalue weighted by atomic mass is 10.2. The van der Waals surface area contributed by atoms with Gasteiger partial charge >= 0.3 is 0 Å². The lowest BCUT2D eigenvalue weighted by Crippen LogP contribution is -2.21. The first-order valence-corrected chi connectivity index (χ1v) is 7.50. The molecular formula is C10H11BrFNO2S. The summed E-state index contributed by atoms with van der Waals surface area (Å²) in [5.74, 6) is -0.105. The van der Waals surface area contributed by atoms with Crippen molar-refractivity contribution in [2.75, 3.05) is 16.8 Å². The molecule has 6 heteroatoms. The highest BCUT2D eigenvalue weighted by Gasteiger charge is 2.28. The van der Waals surface area contributed by atoms with Crippen molar-refractivity contribution in [1.29, 1.82) is 0 Å². The third kappa shape index (κ3) is 2.74. The maximum atomic E-state index is 13.4. The van der Waals surface area contributed by atoms with Gasteiger partial charge in [-0.3, -0.25) is 0 Å². The van der Waals surface area contributed by atoms with E-state index in [9.17, 15) is 12.8 Å². The van der Waals surface area contributed by atoms with Gasteiger partial charge in [0.25, 0.3) is 0 Å². The van der Waals surface area contributed by atoms with Gasteiger partial charge in [-0.15, -0.1) is 0 Å². The molecule has 1 N–H and O–H groups in total. The Kier molecular flexibility index (Phi) is 3.21. The molecule has 1 aromatic carbocycles. The van der Waals surface area contributed by atoms with Crippen LogP contribution in [0, 0.1) is 5.82 Å². The Bertz CT molecular complexity index is 504. The number of nitrogens with one attached hydrogen (secondary N) is 1. The van der Waals surface area contributed by atoms with Crippen molar-refractivity contribution >= 4 is 31.5 Å². The fourth-order valence-corrected chi connectivity index (χ4v) is 3.77. The second kappa shape index (κ2) is 4.33. The normalized spacial score (nSPS) is 23.2. The minimum absolute atomic E-state index is 0.0823. The predicted molar refractivity (Wildman–Crippen MR) is 64.8 cm³/mol. The highest BCUT2D eigenvalue weighted by molar-refractivity contribution is 9.10. The highest BCUT2D eigenvalue weighted by atomic mass is 79.9. The molecule has 16 heavy (non-hydrogen) atoms. The van der Waals surface area contributed by atoms with Crippen molar-refractivity contribution in [2.24, 2.45) is 0 Å². The molecule has 1 aliphatic rings. The van der Waals surface area contributed by atoms with Crippen LogP contribution in [0.1, 0.15) is 6.42 Å². The van der Waals surface area contributed by atoms with Crippen molar-refractivity contribution in [1.82, 2.24) is 0 Å². The van der Waals surface area contributed by atoms with Crippen molar-refractivity contribution in [3.63, 3.8) is 0 Å². The van der Waals surface area contributed by atoms with E-state index in [1.807, 2.05) is 0 Å². The number of hydrogen-bond acceptors (Lipinski definition) is 3. The number of anilines is 1. The van der Waals surface area contributed by atoms with Crippen LogP contribution in [0.5, 0.6) is 0 Å². The predicted octanol–water partition coefficient (Wildman–Crippen LogP) is 2.19. The molecule has 0 radical (unpaired) electrons. The highest BCUT2D eigenvalue weighted by Crippen LogP contribution is 2.23. The molecule has 1 atom stereocenters. The van der Waals surface area contributed by atoms with Gasteiger partial charge in [0, 0.05) is 10.5 Å². The Morgan fingerprint density at radius 2 is 2.19 bits per heavy atom. The largest absolute Gasteiger partial charge is 0.379 e. The van der Waals surface area contributed by atoms with Crippen molar-refractivity contribution in [3.8, 4) is 0 Å². The number of sulfone groups is 1. The van der Waals surface area contributed by atoms with Crippen LogP contribution in [0.25, 0.3) is 0 Å². The monoisotopic (exact) mass is 307 g/mol. The van der Waals surface area contributed by atoms with Crippen LogP contribution in [-0.4, -0.2) is 26.0 Å². The number of halogens is 2. The smallest absolute Gasteiger partial charge is 0.152 e. The summed E-state index contributed by atoms with van der Waals surface area (Å²) >= 11 is 3.24. The van der Waals surface area contributed by atoms with Gasteiger partial charge in [-0.25, -0.2) is 12.8 Å². The fraction of sp³-hybridized carbons (Fsp3) is 0.400. The number of hydrogen-bond donors (Lipinski definition) is 1. The standard InChI is InChI=1S/C10H11BrFNO2S/c11-7-1-2-9(12)10(5-7)13-8-3-4-16(14,15)6-8/h1-2,5,8,13H,3-4,6H2. The molecule has 2 rings (SSSR count). The zero-order valence-corrected chi connectivity index (χ0v) is 10.8. The van der Waals surface area contributed by atoms with E-state index in [4.69, 9.17) is 0 Å². The number of rotatable bonds is 2. The minimum Gasteiger partial charge on any atom is -0.379 e. The molecule has 1 heterocycles. The summed E-state index contributed by atoms with van der Waals surface area (Å²) in [4.78, 5) is 0. The SMILES string of the molecule is O=S1(=O)CCC(Nc2cc(Br)ccc2F)C1. The Hall–Kier alpha value is -0.620. The van der Waals surface area contributed by atoms with E-state index < -0.39 is 9.84 Å². The molecule has 88 valence electrons. The Morgan fingerprint density at radius 3 is 2.81 bits per heavy atom. The van der Waals surface area contributed by atoms with E-state index in [0.717, 1.165) is 4.47 Å². The fourth-order valence-electron chi connectivity index (χ4n) is 1.74. The zero-order valence-electron chi connectivity index (χ0n) is 8.41. The van der Waals surface area contributed by atoms with Gasteiger partial charge in [-0.2, -0.15) is 0 Å². The average Bonchev–Trinajstić information content (AvgIpc) is 2.52. The maximum Gasteiger partial charge on any atom is 0.152 e. The van der Waals surface area contributed by atoms with Crippen LogP contribution in [0.4, 0.5) is 10.1 Å². The first-order valence-electron chi connectivity index (χ1n) is 4.88. The van der Waals surface area contributed by atoms with Crippen LogP contribution in [0.2, 0.25) is 0 Å². The summed E-state index contributed by atoms with van der Waals surface area (Å²) in [6.45, 7) is 0. The molecule has 0 amide bonds. The summed E-state index contributed by atoms with van der Waals surface area (Å²) < 4.78 is 36.6. The summed E-state index contributed by atoms with van der Waals surface area (Å²) in [5, 5.41) is 2.92. The van der Waals surface area contributed by atoms with E-state index >= 15 is 0 Å². The molecule has 1 aliphatic heterocycles. The summed E-state index contributed by atoms with van der Waals surface area (Å²) in [6.07, 6.45) is 0.536. The van der Waals surface area contributed by atoms with Crippen molar-refractivity contribution in [3.05, 3.63) is 28.5 Å².